The Bertz CT molecular complexity index is 489. The number of nitrogens with one attached hydrogen (secondary N) is 1. The summed E-state index contributed by atoms with van der Waals surface area (Å²) < 4.78 is 7.07. The van der Waals surface area contributed by atoms with Crippen LogP contribution in [0.4, 0.5) is 0 Å². The van der Waals surface area contributed by atoms with Crippen molar-refractivity contribution in [1.82, 2.24) is 23.7 Å². The van der Waals surface area contributed by atoms with E-state index in [1.54, 1.807) is 6.20 Å². The third-order valence-corrected chi connectivity index (χ3v) is 2.24. The minimum atomic E-state index is 0.702. The van der Waals surface area contributed by atoms with Crippen LogP contribution in [0.1, 0.15) is 0 Å². The van der Waals surface area contributed by atoms with Gasteiger partial charge in [0.25, 0.3) is 0 Å². The van der Waals surface area contributed by atoms with E-state index in [0.29, 0.717) is 5.65 Å². The van der Waals surface area contributed by atoms with E-state index in [1.807, 2.05) is 0 Å². The molecule has 0 aliphatic carbocycles. The molecule has 3 aromatic rings. The van der Waals surface area contributed by atoms with E-state index < -0.39 is 0 Å². The lowest BCUT2D eigenvalue weighted by Crippen LogP contribution is -1.78. The molecular formula is C6H3N5S. The van der Waals surface area contributed by atoms with Crippen molar-refractivity contribution in [2.24, 2.45) is 0 Å². The van der Waals surface area contributed by atoms with Crippen LogP contribution in [0.2, 0.25) is 0 Å². The Morgan fingerprint density at radius 2 is 2.25 bits per heavy atom. The lowest BCUT2D eigenvalue weighted by molar-refractivity contribution is 1.34. The number of rotatable bonds is 0. The maximum atomic E-state index is 4.11. The van der Waals surface area contributed by atoms with Crippen LogP contribution in [-0.4, -0.2) is 23.7 Å². The molecule has 58 valence electrons. The van der Waals surface area contributed by atoms with Crippen LogP contribution in [0.15, 0.2) is 12.5 Å². The molecule has 1 N–H and O–H groups in total. The Morgan fingerprint density at radius 3 is 3.25 bits per heavy atom. The summed E-state index contributed by atoms with van der Waals surface area (Å²) in [5.41, 5.74) is 3.22. The van der Waals surface area contributed by atoms with E-state index in [4.69, 9.17) is 0 Å². The molecule has 6 heteroatoms. The zero-order valence-electron chi connectivity index (χ0n) is 5.85. The second-order valence-electron chi connectivity index (χ2n) is 2.35. The van der Waals surface area contributed by atoms with Crippen LogP contribution in [-0.2, 0) is 0 Å². The van der Waals surface area contributed by atoms with E-state index in [-0.39, 0.29) is 0 Å². The van der Waals surface area contributed by atoms with Gasteiger partial charge in [0, 0.05) is 11.7 Å². The summed E-state index contributed by atoms with van der Waals surface area (Å²) in [7, 11) is 0. The van der Waals surface area contributed by atoms with Gasteiger partial charge in [0.2, 0.25) is 0 Å². The first-order valence-electron chi connectivity index (χ1n) is 3.34. The summed E-state index contributed by atoms with van der Waals surface area (Å²) in [6, 6.07) is 0. The Morgan fingerprint density at radius 1 is 1.25 bits per heavy atom. The first kappa shape index (κ1) is 6.01. The summed E-state index contributed by atoms with van der Waals surface area (Å²) in [6.07, 6.45) is 3.20. The summed E-state index contributed by atoms with van der Waals surface area (Å²) in [4.78, 5) is 12.2. The highest BCUT2D eigenvalue weighted by Gasteiger charge is 2.05. The third kappa shape index (κ3) is 0.620. The highest BCUT2D eigenvalue weighted by Crippen LogP contribution is 2.17. The quantitative estimate of drug-likeness (QED) is 0.555. The van der Waals surface area contributed by atoms with Gasteiger partial charge in [0.05, 0.1) is 6.20 Å². The maximum Gasteiger partial charge on any atom is 0.193 e. The van der Waals surface area contributed by atoms with Crippen molar-refractivity contribution in [2.45, 2.75) is 0 Å². The number of imidazole rings is 1. The van der Waals surface area contributed by atoms with Gasteiger partial charge >= 0.3 is 0 Å². The molecule has 0 aliphatic heterocycles. The molecule has 0 saturated carbocycles. The first-order chi connectivity index (χ1) is 5.95. The fraction of sp³-hybridized carbons (Fsp3) is 0. The average Bonchev–Trinajstić information content (AvgIpc) is 2.71. The SMILES string of the molecule is c1nc2cnc3ns[nH]c3c2n1. The van der Waals surface area contributed by atoms with E-state index in [1.165, 1.54) is 18.1 Å². The Labute approximate surface area is 70.8 Å². The van der Waals surface area contributed by atoms with Crippen molar-refractivity contribution in [3.05, 3.63) is 12.5 Å². The third-order valence-electron chi connectivity index (χ3n) is 1.68. The van der Waals surface area contributed by atoms with Crippen LogP contribution in [0.3, 0.4) is 0 Å². The number of nitrogens with zero attached hydrogens (tertiary/aromatic N) is 4. The lowest BCUT2D eigenvalue weighted by Gasteiger charge is -1.85. The monoisotopic (exact) mass is 177 g/mol. The predicted molar refractivity (Wildman–Crippen MR) is 44.9 cm³/mol. The standard InChI is InChI=1S/C6H3N5S/c1-3-4(9-2-8-3)5-6(7-1)11-12-10-5/h1-2,10H. The summed E-state index contributed by atoms with van der Waals surface area (Å²) in [5.74, 6) is 0. The van der Waals surface area contributed by atoms with Crippen molar-refractivity contribution >= 4 is 33.9 Å². The van der Waals surface area contributed by atoms with Crippen LogP contribution < -0.4 is 0 Å². The van der Waals surface area contributed by atoms with Gasteiger partial charge in [-0.3, -0.25) is 4.37 Å². The molecule has 0 aliphatic rings. The number of hydrogen-bond acceptors (Lipinski definition) is 5. The molecule has 0 atom stereocenters. The molecule has 0 fully saturated rings. The molecule has 0 radical (unpaired) electrons. The minimum absolute atomic E-state index is 0.702. The number of hydrogen-bond donors (Lipinski definition) is 1. The van der Waals surface area contributed by atoms with Crippen LogP contribution >= 0.6 is 11.7 Å². The highest BCUT2D eigenvalue weighted by atomic mass is 32.1. The van der Waals surface area contributed by atoms with E-state index >= 15 is 0 Å². The lowest BCUT2D eigenvalue weighted by atomic mass is 10.4. The molecule has 0 aromatic carbocycles. The van der Waals surface area contributed by atoms with Gasteiger partial charge in [0.15, 0.2) is 5.65 Å². The average molecular weight is 177 g/mol. The topological polar surface area (TPSA) is 67.3 Å². The van der Waals surface area contributed by atoms with Gasteiger partial charge in [-0.05, 0) is 0 Å². The number of pyridine rings is 1. The Kier molecular flexibility index (Phi) is 0.991. The molecule has 0 unspecified atom stereocenters. The Hall–Kier alpha value is -1.56. The highest BCUT2D eigenvalue weighted by molar-refractivity contribution is 7.00. The van der Waals surface area contributed by atoms with Crippen molar-refractivity contribution in [2.75, 3.05) is 0 Å². The number of aromatic amines is 1. The molecule has 3 aromatic heterocycles. The maximum absolute atomic E-state index is 4.11. The number of fused-ring (bicyclic) bond motifs is 3. The zero-order valence-corrected chi connectivity index (χ0v) is 6.67. The van der Waals surface area contributed by atoms with E-state index in [0.717, 1.165) is 16.6 Å². The van der Waals surface area contributed by atoms with Crippen LogP contribution in [0.25, 0.3) is 22.2 Å². The van der Waals surface area contributed by atoms with E-state index in [9.17, 15) is 0 Å². The second kappa shape index (κ2) is 1.98. The van der Waals surface area contributed by atoms with Crippen molar-refractivity contribution < 1.29 is 0 Å². The molecule has 0 spiro atoms. The molecular weight excluding hydrogens is 174 g/mol. The van der Waals surface area contributed by atoms with Gasteiger partial charge in [-0.15, -0.1) is 0 Å². The minimum Gasteiger partial charge on any atom is -0.290 e. The Balaban J connectivity index is 2.71. The van der Waals surface area contributed by atoms with Crippen LogP contribution in [0.5, 0.6) is 0 Å². The molecule has 0 bridgehead atoms. The van der Waals surface area contributed by atoms with Gasteiger partial charge in [-0.1, -0.05) is 0 Å². The smallest absolute Gasteiger partial charge is 0.193 e. The molecule has 0 amide bonds. The predicted octanol–water partition coefficient (Wildman–Crippen LogP) is 0.963. The van der Waals surface area contributed by atoms with Gasteiger partial charge in [-0.25, -0.2) is 15.0 Å². The zero-order chi connectivity index (χ0) is 7.97. The molecule has 12 heavy (non-hydrogen) atoms. The normalized spacial score (nSPS) is 11.3. The molecule has 3 heterocycles. The van der Waals surface area contributed by atoms with Gasteiger partial charge < -0.3 is 0 Å². The largest absolute Gasteiger partial charge is 0.290 e. The van der Waals surface area contributed by atoms with Crippen molar-refractivity contribution in [3.63, 3.8) is 0 Å². The van der Waals surface area contributed by atoms with Gasteiger partial charge in [0.1, 0.15) is 22.9 Å². The molecule has 3 rings (SSSR count). The number of aromatic nitrogens is 5. The van der Waals surface area contributed by atoms with E-state index in [2.05, 4.69) is 23.7 Å². The fourth-order valence-electron chi connectivity index (χ4n) is 1.13. The first-order valence-corrected chi connectivity index (χ1v) is 4.12. The molecule has 0 saturated heterocycles. The van der Waals surface area contributed by atoms with Gasteiger partial charge in [-0.2, -0.15) is 4.37 Å². The van der Waals surface area contributed by atoms with Crippen LogP contribution in [0, 0.1) is 0 Å². The fourth-order valence-corrected chi connectivity index (χ4v) is 1.68. The van der Waals surface area contributed by atoms with Crippen molar-refractivity contribution in [3.8, 4) is 0 Å². The summed E-state index contributed by atoms with van der Waals surface area (Å²) in [5, 5.41) is 0. The number of H-pyrrole nitrogens is 1. The summed E-state index contributed by atoms with van der Waals surface area (Å²) >= 11 is 1.27. The molecule has 5 nitrogen and oxygen atoms in total. The van der Waals surface area contributed by atoms with Crippen molar-refractivity contribution in [1.29, 1.82) is 0 Å². The summed E-state index contributed by atoms with van der Waals surface area (Å²) in [6.45, 7) is 0. The second-order valence-corrected chi connectivity index (χ2v) is 2.92.